The second kappa shape index (κ2) is 5.42. The van der Waals surface area contributed by atoms with Crippen molar-refractivity contribution >= 4 is 11.9 Å². The molecule has 2 rings (SSSR count). The normalized spacial score (nSPS) is 23.7. The van der Waals surface area contributed by atoms with Crippen LogP contribution >= 0.6 is 0 Å². The highest BCUT2D eigenvalue weighted by atomic mass is 16.4. The molecule has 1 N–H and O–H groups in total. The van der Waals surface area contributed by atoms with E-state index in [1.165, 1.54) is 4.90 Å². The van der Waals surface area contributed by atoms with Gasteiger partial charge in [-0.15, -0.1) is 0 Å². The summed E-state index contributed by atoms with van der Waals surface area (Å²) in [5.41, 5.74) is 0.802. The fourth-order valence-corrected chi connectivity index (χ4v) is 2.64. The summed E-state index contributed by atoms with van der Waals surface area (Å²) in [6.45, 7) is 2.85. The number of aromatic nitrogens is 2. The summed E-state index contributed by atoms with van der Waals surface area (Å²) < 4.78 is 1.79. The average molecular weight is 265 g/mol. The number of piperidine rings is 1. The van der Waals surface area contributed by atoms with Gasteiger partial charge in [-0.2, -0.15) is 5.10 Å². The van der Waals surface area contributed by atoms with Crippen molar-refractivity contribution in [2.45, 2.75) is 38.8 Å². The molecule has 2 atom stereocenters. The highest BCUT2D eigenvalue weighted by Crippen LogP contribution is 2.35. The van der Waals surface area contributed by atoms with Gasteiger partial charge in [-0.05, 0) is 12.8 Å². The van der Waals surface area contributed by atoms with Gasteiger partial charge in [0, 0.05) is 31.8 Å². The van der Waals surface area contributed by atoms with Crippen LogP contribution in [0.15, 0.2) is 12.4 Å². The van der Waals surface area contributed by atoms with Gasteiger partial charge in [-0.3, -0.25) is 14.3 Å². The number of rotatable bonds is 4. The number of carboxylic acids is 1. The molecule has 0 aliphatic carbocycles. The summed E-state index contributed by atoms with van der Waals surface area (Å²) in [5.74, 6) is -1.42. The summed E-state index contributed by atoms with van der Waals surface area (Å²) in [6, 6.07) is -0.413. The number of aliphatic carboxylic acids is 1. The molecule has 0 unspecified atom stereocenters. The molecule has 0 bridgehead atoms. The van der Waals surface area contributed by atoms with Crippen molar-refractivity contribution in [1.29, 1.82) is 0 Å². The molecule has 1 saturated heterocycles. The number of hydrogen-bond donors (Lipinski definition) is 1. The number of carboxylic acid groups (broad SMARTS) is 1. The van der Waals surface area contributed by atoms with E-state index in [-0.39, 0.29) is 5.91 Å². The lowest BCUT2D eigenvalue weighted by Crippen LogP contribution is -2.42. The molecule has 2 heterocycles. The maximum Gasteiger partial charge on any atom is 0.308 e. The van der Waals surface area contributed by atoms with E-state index in [2.05, 4.69) is 12.0 Å². The molecule has 19 heavy (non-hydrogen) atoms. The standard InChI is InChI=1S/C13H19N3O3/c1-3-6-16-8-9(7-14-16)12-10(13(18)19)4-5-11(17)15(12)2/h7-8,10,12H,3-6H2,1-2H3,(H,18,19)/t10-,12-/m1/s1. The lowest BCUT2D eigenvalue weighted by Gasteiger charge is -2.36. The predicted octanol–water partition coefficient (Wildman–Crippen LogP) is 1.29. The highest BCUT2D eigenvalue weighted by molar-refractivity contribution is 5.81. The van der Waals surface area contributed by atoms with Crippen LogP contribution in [0.4, 0.5) is 0 Å². The van der Waals surface area contributed by atoms with Gasteiger partial charge in [0.2, 0.25) is 5.91 Å². The fraction of sp³-hybridized carbons (Fsp3) is 0.615. The second-order valence-corrected chi connectivity index (χ2v) is 4.97. The van der Waals surface area contributed by atoms with Crippen LogP contribution in [0, 0.1) is 5.92 Å². The van der Waals surface area contributed by atoms with Crippen molar-refractivity contribution in [1.82, 2.24) is 14.7 Å². The number of likely N-dealkylation sites (tertiary alicyclic amines) is 1. The Morgan fingerprint density at radius 1 is 1.58 bits per heavy atom. The zero-order valence-corrected chi connectivity index (χ0v) is 11.2. The number of hydrogen-bond acceptors (Lipinski definition) is 3. The smallest absolute Gasteiger partial charge is 0.308 e. The minimum atomic E-state index is -0.854. The van der Waals surface area contributed by atoms with Gasteiger partial charge in [-0.25, -0.2) is 0 Å². The number of nitrogens with zero attached hydrogens (tertiary/aromatic N) is 3. The monoisotopic (exact) mass is 265 g/mol. The van der Waals surface area contributed by atoms with E-state index in [9.17, 15) is 14.7 Å². The minimum Gasteiger partial charge on any atom is -0.481 e. The largest absolute Gasteiger partial charge is 0.481 e. The molecule has 1 aromatic rings. The maximum atomic E-state index is 11.8. The summed E-state index contributed by atoms with van der Waals surface area (Å²) in [4.78, 5) is 24.7. The lowest BCUT2D eigenvalue weighted by atomic mass is 9.86. The van der Waals surface area contributed by atoms with Crippen LogP contribution in [0.25, 0.3) is 0 Å². The zero-order chi connectivity index (χ0) is 14.0. The SMILES string of the molecule is CCCn1cc([C@@H]2[C@H](C(=O)O)CCC(=O)N2C)cn1. The Hall–Kier alpha value is -1.85. The molecule has 0 saturated carbocycles. The Balaban J connectivity index is 2.29. The fourth-order valence-electron chi connectivity index (χ4n) is 2.64. The molecule has 6 heteroatoms. The van der Waals surface area contributed by atoms with Crippen LogP contribution in [-0.4, -0.2) is 38.7 Å². The predicted molar refractivity (Wildman–Crippen MR) is 68.4 cm³/mol. The molecule has 6 nitrogen and oxygen atoms in total. The van der Waals surface area contributed by atoms with Crippen molar-refractivity contribution < 1.29 is 14.7 Å². The first-order valence-electron chi connectivity index (χ1n) is 6.55. The van der Waals surface area contributed by atoms with E-state index in [1.54, 1.807) is 17.9 Å². The summed E-state index contributed by atoms with van der Waals surface area (Å²) in [6.07, 6.45) is 5.17. The highest BCUT2D eigenvalue weighted by Gasteiger charge is 2.39. The third-order valence-corrected chi connectivity index (χ3v) is 3.63. The Morgan fingerprint density at radius 2 is 2.32 bits per heavy atom. The molecule has 1 fully saturated rings. The van der Waals surface area contributed by atoms with Gasteiger partial charge in [0.15, 0.2) is 0 Å². The van der Waals surface area contributed by atoms with Crippen LogP contribution in [-0.2, 0) is 16.1 Å². The Labute approximate surface area is 112 Å². The Kier molecular flexibility index (Phi) is 3.87. The third kappa shape index (κ3) is 2.62. The van der Waals surface area contributed by atoms with E-state index in [1.807, 2.05) is 6.20 Å². The molecule has 0 aromatic carbocycles. The van der Waals surface area contributed by atoms with E-state index < -0.39 is 17.9 Å². The maximum absolute atomic E-state index is 11.8. The first-order valence-corrected chi connectivity index (χ1v) is 6.55. The summed E-state index contributed by atoms with van der Waals surface area (Å²) >= 11 is 0. The van der Waals surface area contributed by atoms with Gasteiger partial charge < -0.3 is 10.0 Å². The number of aryl methyl sites for hydroxylation is 1. The molecule has 0 spiro atoms. The molecule has 1 amide bonds. The zero-order valence-electron chi connectivity index (χ0n) is 11.2. The van der Waals surface area contributed by atoms with Gasteiger partial charge >= 0.3 is 5.97 Å². The minimum absolute atomic E-state index is 0.00857. The van der Waals surface area contributed by atoms with E-state index >= 15 is 0 Å². The molecular weight excluding hydrogens is 246 g/mol. The Morgan fingerprint density at radius 3 is 2.95 bits per heavy atom. The van der Waals surface area contributed by atoms with Crippen LogP contribution < -0.4 is 0 Å². The van der Waals surface area contributed by atoms with Gasteiger partial charge in [0.1, 0.15) is 0 Å². The third-order valence-electron chi connectivity index (χ3n) is 3.63. The molecule has 104 valence electrons. The van der Waals surface area contributed by atoms with Crippen LogP contribution in [0.5, 0.6) is 0 Å². The average Bonchev–Trinajstić information content (AvgIpc) is 2.81. The first kappa shape index (κ1) is 13.6. The molecule has 1 aromatic heterocycles. The quantitative estimate of drug-likeness (QED) is 0.890. The number of carbonyl (C=O) groups is 2. The van der Waals surface area contributed by atoms with E-state index in [4.69, 9.17) is 0 Å². The van der Waals surface area contributed by atoms with Crippen molar-refractivity contribution in [3.05, 3.63) is 18.0 Å². The first-order chi connectivity index (χ1) is 9.04. The van der Waals surface area contributed by atoms with Gasteiger partial charge in [0.05, 0.1) is 18.2 Å². The van der Waals surface area contributed by atoms with Crippen LogP contribution in [0.1, 0.15) is 37.8 Å². The molecule has 0 radical (unpaired) electrons. The van der Waals surface area contributed by atoms with Crippen LogP contribution in [0.2, 0.25) is 0 Å². The topological polar surface area (TPSA) is 75.4 Å². The van der Waals surface area contributed by atoms with Crippen molar-refractivity contribution in [3.63, 3.8) is 0 Å². The summed E-state index contributed by atoms with van der Waals surface area (Å²) in [7, 11) is 1.67. The van der Waals surface area contributed by atoms with E-state index in [0.717, 1.165) is 18.5 Å². The van der Waals surface area contributed by atoms with Crippen molar-refractivity contribution in [2.75, 3.05) is 7.05 Å². The second-order valence-electron chi connectivity index (χ2n) is 4.97. The lowest BCUT2D eigenvalue weighted by molar-refractivity contribution is -0.150. The van der Waals surface area contributed by atoms with Crippen molar-refractivity contribution in [3.8, 4) is 0 Å². The van der Waals surface area contributed by atoms with Crippen molar-refractivity contribution in [2.24, 2.45) is 5.92 Å². The van der Waals surface area contributed by atoms with Gasteiger partial charge in [-0.1, -0.05) is 6.92 Å². The molecule has 1 aliphatic rings. The Bertz CT molecular complexity index is 483. The van der Waals surface area contributed by atoms with Gasteiger partial charge in [0.25, 0.3) is 0 Å². The summed E-state index contributed by atoms with van der Waals surface area (Å²) in [5, 5.41) is 13.5. The number of amides is 1. The number of carbonyl (C=O) groups excluding carboxylic acids is 1. The molecular formula is C13H19N3O3. The molecule has 1 aliphatic heterocycles. The van der Waals surface area contributed by atoms with E-state index in [0.29, 0.717) is 12.8 Å². The van der Waals surface area contributed by atoms with Crippen LogP contribution in [0.3, 0.4) is 0 Å².